The Hall–Kier alpha value is -1.97. The zero-order valence-corrected chi connectivity index (χ0v) is 9.57. The fourth-order valence-electron chi connectivity index (χ4n) is 1.37. The van der Waals surface area contributed by atoms with Crippen LogP contribution < -0.4 is 5.32 Å². The third-order valence-electron chi connectivity index (χ3n) is 2.18. The minimum atomic E-state index is -0.426. The summed E-state index contributed by atoms with van der Waals surface area (Å²) in [5.74, 6) is -0.525. The number of hydrogen-bond acceptors (Lipinski definition) is 2. The minimum absolute atomic E-state index is 0.0992. The highest BCUT2D eigenvalue weighted by molar-refractivity contribution is 5.81. The van der Waals surface area contributed by atoms with Crippen molar-refractivity contribution < 1.29 is 14.0 Å². The molecule has 0 unspecified atom stereocenters. The van der Waals surface area contributed by atoms with Gasteiger partial charge >= 0.3 is 0 Å². The summed E-state index contributed by atoms with van der Waals surface area (Å²) in [7, 11) is 0. The molecule has 0 aliphatic rings. The van der Waals surface area contributed by atoms with Gasteiger partial charge in [0.25, 0.3) is 0 Å². The quantitative estimate of drug-likeness (QED) is 0.628. The van der Waals surface area contributed by atoms with Crippen LogP contribution in [0.2, 0.25) is 0 Å². The number of hydrogen-bond donors (Lipinski definition) is 1. The van der Waals surface area contributed by atoms with Gasteiger partial charge in [0, 0.05) is 24.6 Å². The molecular weight excluding hydrogens is 221 g/mol. The van der Waals surface area contributed by atoms with E-state index in [1.54, 1.807) is 18.2 Å². The van der Waals surface area contributed by atoms with Crippen LogP contribution in [0.25, 0.3) is 6.08 Å². The number of benzene rings is 1. The van der Waals surface area contributed by atoms with Crippen LogP contribution in [0.4, 0.5) is 4.39 Å². The maximum absolute atomic E-state index is 13.4. The second-order valence-corrected chi connectivity index (χ2v) is 3.53. The highest BCUT2D eigenvalue weighted by atomic mass is 19.1. The van der Waals surface area contributed by atoms with E-state index in [1.165, 1.54) is 19.1 Å². The summed E-state index contributed by atoms with van der Waals surface area (Å²) in [5.41, 5.74) is 0.603. The van der Waals surface area contributed by atoms with Crippen molar-refractivity contribution in [3.63, 3.8) is 0 Å². The van der Waals surface area contributed by atoms with E-state index in [1.807, 2.05) is 0 Å². The first-order valence-electron chi connectivity index (χ1n) is 5.30. The molecule has 3 nitrogen and oxygen atoms in total. The van der Waals surface area contributed by atoms with Crippen LogP contribution in [0.15, 0.2) is 24.3 Å². The number of nitrogens with one attached hydrogen (secondary N) is 1. The molecule has 0 heterocycles. The Morgan fingerprint density at radius 3 is 2.88 bits per heavy atom. The third kappa shape index (κ3) is 4.18. The van der Waals surface area contributed by atoms with Gasteiger partial charge in [-0.05, 0) is 12.5 Å². The molecule has 1 aromatic carbocycles. The van der Waals surface area contributed by atoms with Gasteiger partial charge < -0.3 is 5.32 Å². The van der Waals surface area contributed by atoms with Crippen LogP contribution >= 0.6 is 0 Å². The second kappa shape index (κ2) is 6.58. The molecule has 0 aromatic heterocycles. The fraction of sp³-hybridized carbons (Fsp3) is 0.231. The lowest BCUT2D eigenvalue weighted by molar-refractivity contribution is -0.118. The molecule has 90 valence electrons. The minimum Gasteiger partial charge on any atom is -0.356 e. The number of halogens is 1. The summed E-state index contributed by atoms with van der Waals surface area (Å²) >= 11 is 0. The molecule has 0 radical (unpaired) electrons. The molecule has 1 amide bonds. The Kier molecular flexibility index (Phi) is 5.07. The summed E-state index contributed by atoms with van der Waals surface area (Å²) in [6.45, 7) is 1.93. The summed E-state index contributed by atoms with van der Waals surface area (Å²) in [6, 6.07) is 4.36. The molecule has 1 rings (SSSR count). The topological polar surface area (TPSA) is 46.2 Å². The molecule has 0 saturated carbocycles. The average molecular weight is 235 g/mol. The smallest absolute Gasteiger partial charge is 0.216 e. The van der Waals surface area contributed by atoms with E-state index in [9.17, 15) is 14.0 Å². The lowest BCUT2D eigenvalue weighted by Gasteiger charge is -2.01. The van der Waals surface area contributed by atoms with Gasteiger partial charge in [0.15, 0.2) is 6.29 Å². The summed E-state index contributed by atoms with van der Waals surface area (Å²) in [4.78, 5) is 21.3. The molecular formula is C13H14FNO2. The monoisotopic (exact) mass is 235 g/mol. The lowest BCUT2D eigenvalue weighted by atomic mass is 10.1. The normalized spacial score (nSPS) is 10.5. The summed E-state index contributed by atoms with van der Waals surface area (Å²) < 4.78 is 13.4. The molecule has 0 aliphatic carbocycles. The fourth-order valence-corrected chi connectivity index (χ4v) is 1.37. The first-order valence-corrected chi connectivity index (χ1v) is 5.30. The van der Waals surface area contributed by atoms with Crippen molar-refractivity contribution in [1.82, 2.24) is 5.32 Å². The number of carbonyl (C=O) groups is 2. The Balaban J connectivity index is 2.64. The molecule has 0 fully saturated rings. The van der Waals surface area contributed by atoms with E-state index >= 15 is 0 Å². The molecule has 0 aliphatic heterocycles. The largest absolute Gasteiger partial charge is 0.356 e. The predicted molar refractivity (Wildman–Crippen MR) is 64.1 cm³/mol. The Bertz CT molecular complexity index is 441. The van der Waals surface area contributed by atoms with E-state index in [-0.39, 0.29) is 11.5 Å². The number of carbonyl (C=O) groups excluding carboxylic acids is 2. The van der Waals surface area contributed by atoms with Crippen molar-refractivity contribution in [2.45, 2.75) is 13.3 Å². The number of amides is 1. The van der Waals surface area contributed by atoms with Gasteiger partial charge in [0.1, 0.15) is 5.82 Å². The van der Waals surface area contributed by atoms with E-state index in [2.05, 4.69) is 5.32 Å². The molecule has 17 heavy (non-hydrogen) atoms. The maximum Gasteiger partial charge on any atom is 0.216 e. The molecule has 0 spiro atoms. The SMILES string of the molecule is CC(=O)NCCC=Cc1c(F)cccc1C=O. The van der Waals surface area contributed by atoms with Crippen LogP contribution in [-0.4, -0.2) is 18.7 Å². The van der Waals surface area contributed by atoms with Gasteiger partial charge in [-0.2, -0.15) is 0 Å². The van der Waals surface area contributed by atoms with E-state index in [0.29, 0.717) is 24.8 Å². The highest BCUT2D eigenvalue weighted by Gasteiger charge is 2.03. The molecule has 0 saturated heterocycles. The predicted octanol–water partition coefficient (Wildman–Crippen LogP) is 2.18. The lowest BCUT2D eigenvalue weighted by Crippen LogP contribution is -2.20. The average Bonchev–Trinajstić information content (AvgIpc) is 2.30. The van der Waals surface area contributed by atoms with Crippen LogP contribution in [0, 0.1) is 5.82 Å². The van der Waals surface area contributed by atoms with Gasteiger partial charge in [-0.25, -0.2) is 4.39 Å². The van der Waals surface area contributed by atoms with Crippen LogP contribution in [0.1, 0.15) is 29.3 Å². The van der Waals surface area contributed by atoms with Gasteiger partial charge in [-0.3, -0.25) is 9.59 Å². The number of rotatable bonds is 5. The Morgan fingerprint density at radius 1 is 1.47 bits per heavy atom. The third-order valence-corrected chi connectivity index (χ3v) is 2.18. The summed E-state index contributed by atoms with van der Waals surface area (Å²) in [6.07, 6.45) is 4.49. The molecule has 4 heteroatoms. The van der Waals surface area contributed by atoms with Crippen molar-refractivity contribution in [2.24, 2.45) is 0 Å². The Morgan fingerprint density at radius 2 is 2.24 bits per heavy atom. The van der Waals surface area contributed by atoms with Crippen molar-refractivity contribution >= 4 is 18.3 Å². The summed E-state index contributed by atoms with van der Waals surface area (Å²) in [5, 5.41) is 2.62. The van der Waals surface area contributed by atoms with Gasteiger partial charge in [0.2, 0.25) is 5.91 Å². The Labute approximate surface area is 99.3 Å². The molecule has 0 atom stereocenters. The zero-order chi connectivity index (χ0) is 12.7. The second-order valence-electron chi connectivity index (χ2n) is 3.53. The van der Waals surface area contributed by atoms with Gasteiger partial charge in [-0.1, -0.05) is 24.3 Å². The van der Waals surface area contributed by atoms with Gasteiger partial charge in [-0.15, -0.1) is 0 Å². The molecule has 1 aromatic rings. The number of aldehydes is 1. The van der Waals surface area contributed by atoms with Crippen molar-refractivity contribution in [1.29, 1.82) is 0 Å². The standard InChI is InChI=1S/C13H14FNO2/c1-10(17)15-8-3-2-6-12-11(9-16)5-4-7-13(12)14/h2,4-7,9H,3,8H2,1H3,(H,15,17). The first-order chi connectivity index (χ1) is 8.15. The van der Waals surface area contributed by atoms with Crippen molar-refractivity contribution in [2.75, 3.05) is 6.54 Å². The maximum atomic E-state index is 13.4. The van der Waals surface area contributed by atoms with Crippen molar-refractivity contribution in [3.05, 3.63) is 41.2 Å². The van der Waals surface area contributed by atoms with Crippen molar-refractivity contribution in [3.8, 4) is 0 Å². The highest BCUT2D eigenvalue weighted by Crippen LogP contribution is 2.13. The zero-order valence-electron chi connectivity index (χ0n) is 9.57. The molecule has 1 N–H and O–H groups in total. The van der Waals surface area contributed by atoms with E-state index in [4.69, 9.17) is 0 Å². The van der Waals surface area contributed by atoms with Crippen LogP contribution in [0.3, 0.4) is 0 Å². The van der Waals surface area contributed by atoms with E-state index in [0.717, 1.165) is 0 Å². The first kappa shape index (κ1) is 13.1. The van der Waals surface area contributed by atoms with E-state index < -0.39 is 5.82 Å². The van der Waals surface area contributed by atoms with Crippen LogP contribution in [0.5, 0.6) is 0 Å². The molecule has 0 bridgehead atoms. The van der Waals surface area contributed by atoms with Gasteiger partial charge in [0.05, 0.1) is 0 Å². The van der Waals surface area contributed by atoms with Crippen LogP contribution in [-0.2, 0) is 4.79 Å².